The summed E-state index contributed by atoms with van der Waals surface area (Å²) in [5.74, 6) is -0.139. The third kappa shape index (κ3) is 2.39. The predicted molar refractivity (Wildman–Crippen MR) is 74.2 cm³/mol. The molecule has 0 saturated carbocycles. The van der Waals surface area contributed by atoms with E-state index in [0.29, 0.717) is 13.1 Å². The molecular weight excluding hydrogens is 256 g/mol. The second kappa shape index (κ2) is 5.00. The second-order valence-corrected chi connectivity index (χ2v) is 5.10. The maximum Gasteiger partial charge on any atom is 0.239 e. The molecule has 0 spiro atoms. The van der Waals surface area contributed by atoms with Crippen LogP contribution in [-0.2, 0) is 16.0 Å². The molecular formula is C15H16N2O3. The Balaban J connectivity index is 1.79. The Morgan fingerprint density at radius 2 is 2.30 bits per heavy atom. The summed E-state index contributed by atoms with van der Waals surface area (Å²) < 4.78 is 5.49. The second-order valence-electron chi connectivity index (χ2n) is 5.10. The van der Waals surface area contributed by atoms with Crippen molar-refractivity contribution in [3.05, 3.63) is 35.6 Å². The van der Waals surface area contributed by atoms with E-state index in [2.05, 4.69) is 5.32 Å². The smallest absolute Gasteiger partial charge is 0.239 e. The van der Waals surface area contributed by atoms with Crippen LogP contribution < -0.4 is 5.32 Å². The molecule has 5 heteroatoms. The van der Waals surface area contributed by atoms with Crippen LogP contribution >= 0.6 is 0 Å². The Morgan fingerprint density at radius 1 is 1.45 bits per heavy atom. The normalized spacial score (nSPS) is 15.4. The number of piperazine rings is 1. The average Bonchev–Trinajstić information content (AvgIpc) is 2.81. The molecule has 1 N–H and O–H groups in total. The minimum atomic E-state index is -0.0997. The number of benzene rings is 1. The molecule has 1 aliphatic rings. The number of fused-ring (bicyclic) bond motifs is 1. The van der Waals surface area contributed by atoms with Crippen molar-refractivity contribution >= 4 is 22.8 Å². The lowest BCUT2D eigenvalue weighted by Crippen LogP contribution is -2.50. The van der Waals surface area contributed by atoms with Crippen molar-refractivity contribution in [2.45, 2.75) is 13.3 Å². The fourth-order valence-electron chi connectivity index (χ4n) is 2.45. The molecule has 1 saturated heterocycles. The zero-order chi connectivity index (χ0) is 14.1. The molecule has 0 unspecified atom stereocenters. The van der Waals surface area contributed by atoms with Crippen molar-refractivity contribution in [1.82, 2.24) is 10.2 Å². The first-order chi connectivity index (χ1) is 9.63. The number of rotatable bonds is 2. The molecule has 3 rings (SSSR count). The molecule has 0 aliphatic carbocycles. The summed E-state index contributed by atoms with van der Waals surface area (Å²) in [6.07, 6.45) is 1.90. The summed E-state index contributed by atoms with van der Waals surface area (Å²) in [5, 5.41) is 3.67. The minimum absolute atomic E-state index is 0.0388. The highest BCUT2D eigenvalue weighted by Crippen LogP contribution is 2.23. The number of amides is 2. The van der Waals surface area contributed by atoms with Crippen LogP contribution in [0.25, 0.3) is 11.0 Å². The van der Waals surface area contributed by atoms with E-state index in [1.165, 1.54) is 0 Å². The van der Waals surface area contributed by atoms with Crippen molar-refractivity contribution < 1.29 is 14.0 Å². The number of carbonyl (C=O) groups is 2. The third-order valence-corrected chi connectivity index (χ3v) is 3.54. The van der Waals surface area contributed by atoms with Crippen LogP contribution in [0.15, 0.2) is 28.9 Å². The van der Waals surface area contributed by atoms with Gasteiger partial charge in [-0.05, 0) is 18.6 Å². The van der Waals surface area contributed by atoms with Gasteiger partial charge in [0, 0.05) is 24.0 Å². The lowest BCUT2D eigenvalue weighted by molar-refractivity contribution is -0.137. The first-order valence-corrected chi connectivity index (χ1v) is 6.65. The summed E-state index contributed by atoms with van der Waals surface area (Å²) in [6.45, 7) is 3.24. The molecule has 20 heavy (non-hydrogen) atoms. The summed E-state index contributed by atoms with van der Waals surface area (Å²) in [4.78, 5) is 25.1. The van der Waals surface area contributed by atoms with Gasteiger partial charge in [0.05, 0.1) is 19.2 Å². The molecule has 1 aromatic carbocycles. The van der Waals surface area contributed by atoms with Crippen molar-refractivity contribution in [1.29, 1.82) is 0 Å². The van der Waals surface area contributed by atoms with Gasteiger partial charge >= 0.3 is 0 Å². The van der Waals surface area contributed by atoms with E-state index in [1.807, 2.05) is 25.1 Å². The Morgan fingerprint density at radius 3 is 3.10 bits per heavy atom. The van der Waals surface area contributed by atoms with Gasteiger partial charge in [-0.15, -0.1) is 0 Å². The molecule has 0 atom stereocenters. The van der Waals surface area contributed by atoms with Gasteiger partial charge in [0.25, 0.3) is 0 Å². The van der Waals surface area contributed by atoms with E-state index in [0.717, 1.165) is 22.1 Å². The van der Waals surface area contributed by atoms with Crippen LogP contribution in [-0.4, -0.2) is 36.3 Å². The van der Waals surface area contributed by atoms with Crippen molar-refractivity contribution in [2.75, 3.05) is 19.6 Å². The Kier molecular flexibility index (Phi) is 3.18. The minimum Gasteiger partial charge on any atom is -0.464 e. The summed E-state index contributed by atoms with van der Waals surface area (Å²) >= 11 is 0. The predicted octanol–water partition coefficient (Wildman–Crippen LogP) is 1.24. The zero-order valence-electron chi connectivity index (χ0n) is 11.3. The Hall–Kier alpha value is -2.30. The number of aryl methyl sites for hydroxylation is 1. The molecule has 104 valence electrons. The zero-order valence-corrected chi connectivity index (χ0v) is 11.3. The van der Waals surface area contributed by atoms with Crippen molar-refractivity contribution in [3.8, 4) is 0 Å². The highest BCUT2D eigenvalue weighted by Gasteiger charge is 2.22. The number of carbonyl (C=O) groups excluding carboxylic acids is 2. The lowest BCUT2D eigenvalue weighted by Gasteiger charge is -2.26. The molecule has 2 heterocycles. The molecule has 1 aliphatic heterocycles. The van der Waals surface area contributed by atoms with E-state index >= 15 is 0 Å². The number of hydrogen-bond acceptors (Lipinski definition) is 3. The van der Waals surface area contributed by atoms with E-state index in [-0.39, 0.29) is 24.8 Å². The topological polar surface area (TPSA) is 62.6 Å². The average molecular weight is 272 g/mol. The monoisotopic (exact) mass is 272 g/mol. The van der Waals surface area contributed by atoms with Crippen LogP contribution in [0.2, 0.25) is 0 Å². The summed E-state index contributed by atoms with van der Waals surface area (Å²) in [5.41, 5.74) is 2.79. The summed E-state index contributed by atoms with van der Waals surface area (Å²) in [7, 11) is 0. The number of nitrogens with zero attached hydrogens (tertiary/aromatic N) is 1. The van der Waals surface area contributed by atoms with E-state index in [4.69, 9.17) is 4.42 Å². The molecule has 1 aromatic heterocycles. The van der Waals surface area contributed by atoms with Gasteiger partial charge < -0.3 is 14.6 Å². The van der Waals surface area contributed by atoms with Crippen LogP contribution in [0.4, 0.5) is 0 Å². The lowest BCUT2D eigenvalue weighted by atomic mass is 10.1. The largest absolute Gasteiger partial charge is 0.464 e. The molecule has 0 radical (unpaired) electrons. The van der Waals surface area contributed by atoms with Gasteiger partial charge in [-0.3, -0.25) is 9.59 Å². The Bertz CT molecular complexity index is 675. The van der Waals surface area contributed by atoms with E-state index < -0.39 is 0 Å². The molecule has 5 nitrogen and oxygen atoms in total. The van der Waals surface area contributed by atoms with Crippen LogP contribution in [0, 0.1) is 6.92 Å². The van der Waals surface area contributed by atoms with Crippen LogP contribution in [0.3, 0.4) is 0 Å². The quantitative estimate of drug-likeness (QED) is 0.894. The molecule has 2 aromatic rings. The van der Waals surface area contributed by atoms with Gasteiger partial charge in [0.1, 0.15) is 5.58 Å². The molecule has 2 amide bonds. The Labute approximate surface area is 116 Å². The van der Waals surface area contributed by atoms with Gasteiger partial charge in [-0.1, -0.05) is 12.1 Å². The maximum atomic E-state index is 12.2. The first kappa shape index (κ1) is 12.7. The fraction of sp³-hybridized carbons (Fsp3) is 0.333. The van der Waals surface area contributed by atoms with E-state index in [9.17, 15) is 9.59 Å². The van der Waals surface area contributed by atoms with Crippen molar-refractivity contribution in [2.24, 2.45) is 0 Å². The number of nitrogens with one attached hydrogen (secondary N) is 1. The number of furan rings is 1. The van der Waals surface area contributed by atoms with Crippen LogP contribution in [0.5, 0.6) is 0 Å². The molecule has 1 fully saturated rings. The number of hydrogen-bond donors (Lipinski definition) is 1. The standard InChI is InChI=1S/C15H16N2O3/c1-10-2-3-12-11(9-20-13(12)6-10)7-15(19)17-5-4-16-14(18)8-17/h2-3,6,9H,4-5,7-8H2,1H3,(H,16,18). The van der Waals surface area contributed by atoms with Crippen LogP contribution in [0.1, 0.15) is 11.1 Å². The fourth-order valence-corrected chi connectivity index (χ4v) is 2.45. The van der Waals surface area contributed by atoms with E-state index in [1.54, 1.807) is 11.2 Å². The van der Waals surface area contributed by atoms with Crippen molar-refractivity contribution in [3.63, 3.8) is 0 Å². The third-order valence-electron chi connectivity index (χ3n) is 3.54. The maximum absolute atomic E-state index is 12.2. The van der Waals surface area contributed by atoms with Gasteiger partial charge in [0.15, 0.2) is 0 Å². The van der Waals surface area contributed by atoms with Gasteiger partial charge in [-0.25, -0.2) is 0 Å². The highest BCUT2D eigenvalue weighted by molar-refractivity contribution is 5.90. The van der Waals surface area contributed by atoms with Gasteiger partial charge in [-0.2, -0.15) is 0 Å². The summed E-state index contributed by atoms with van der Waals surface area (Å²) in [6, 6.07) is 5.93. The SMILES string of the molecule is Cc1ccc2c(CC(=O)N3CCNC(=O)C3)coc2c1. The van der Waals surface area contributed by atoms with Gasteiger partial charge in [0.2, 0.25) is 11.8 Å². The first-order valence-electron chi connectivity index (χ1n) is 6.65. The highest BCUT2D eigenvalue weighted by atomic mass is 16.3. The molecule has 0 bridgehead atoms.